The van der Waals surface area contributed by atoms with Crippen molar-refractivity contribution in [3.8, 4) is 0 Å². The largest absolute Gasteiger partial charge is 0.380 e. The van der Waals surface area contributed by atoms with Crippen LogP contribution in [0.1, 0.15) is 5.69 Å². The number of ether oxygens (including phenoxy) is 1. The van der Waals surface area contributed by atoms with Crippen LogP contribution in [-0.2, 0) is 4.74 Å². The Morgan fingerprint density at radius 2 is 2.55 bits per heavy atom. The Kier molecular flexibility index (Phi) is 2.74. The van der Waals surface area contributed by atoms with E-state index in [9.17, 15) is 0 Å². The molecule has 0 atom stereocenters. The Labute approximate surface area is 65.7 Å². The van der Waals surface area contributed by atoms with E-state index in [0.29, 0.717) is 6.61 Å². The van der Waals surface area contributed by atoms with Crippen LogP contribution < -0.4 is 0 Å². The second kappa shape index (κ2) is 3.83. The van der Waals surface area contributed by atoms with E-state index in [4.69, 9.17) is 4.74 Å². The van der Waals surface area contributed by atoms with Gasteiger partial charge in [0.15, 0.2) is 0 Å². The Morgan fingerprint density at radius 3 is 3.09 bits per heavy atom. The minimum atomic E-state index is 0.499. The van der Waals surface area contributed by atoms with Gasteiger partial charge in [-0.1, -0.05) is 6.58 Å². The van der Waals surface area contributed by atoms with Crippen molar-refractivity contribution in [3.63, 3.8) is 0 Å². The lowest BCUT2D eigenvalue weighted by atomic mass is 10.2. The van der Waals surface area contributed by atoms with E-state index in [1.165, 1.54) is 0 Å². The van der Waals surface area contributed by atoms with Gasteiger partial charge in [-0.15, -0.1) is 0 Å². The molecule has 0 unspecified atom stereocenters. The summed E-state index contributed by atoms with van der Waals surface area (Å²) in [5.74, 6) is 0. The molecule has 0 N–H and O–H groups in total. The van der Waals surface area contributed by atoms with Crippen LogP contribution in [0.25, 0.3) is 5.57 Å². The molecule has 0 saturated carbocycles. The van der Waals surface area contributed by atoms with E-state index in [1.807, 2.05) is 12.1 Å². The fourth-order valence-corrected chi connectivity index (χ4v) is 0.738. The molecule has 0 saturated heterocycles. The smallest absolute Gasteiger partial charge is 0.0906 e. The third kappa shape index (κ3) is 2.13. The standard InChI is InChI=1S/C8H10N2O/c1-7(6-11-2)8-4-3-5-9-10-8/h3-5H,1,6H2,2H3. The molecular weight excluding hydrogens is 140 g/mol. The zero-order valence-corrected chi connectivity index (χ0v) is 6.45. The molecule has 0 spiro atoms. The van der Waals surface area contributed by atoms with Gasteiger partial charge in [0, 0.05) is 13.3 Å². The first kappa shape index (κ1) is 7.88. The van der Waals surface area contributed by atoms with Gasteiger partial charge in [-0.25, -0.2) is 0 Å². The number of aromatic nitrogens is 2. The highest BCUT2D eigenvalue weighted by Crippen LogP contribution is 2.06. The summed E-state index contributed by atoms with van der Waals surface area (Å²) in [6, 6.07) is 3.68. The summed E-state index contributed by atoms with van der Waals surface area (Å²) >= 11 is 0. The molecule has 0 aliphatic heterocycles. The molecular formula is C8H10N2O. The summed E-state index contributed by atoms with van der Waals surface area (Å²) in [5.41, 5.74) is 1.63. The van der Waals surface area contributed by atoms with Gasteiger partial charge in [-0.05, 0) is 17.7 Å². The van der Waals surface area contributed by atoms with Gasteiger partial charge >= 0.3 is 0 Å². The summed E-state index contributed by atoms with van der Waals surface area (Å²) in [7, 11) is 1.63. The SMILES string of the molecule is C=C(COC)c1cccnn1. The molecule has 1 heterocycles. The predicted octanol–water partition coefficient (Wildman–Crippen LogP) is 1.14. The molecule has 3 heteroatoms. The maximum absolute atomic E-state index is 4.89. The van der Waals surface area contributed by atoms with Crippen molar-refractivity contribution in [1.82, 2.24) is 10.2 Å². The van der Waals surface area contributed by atoms with Crippen LogP contribution in [0.3, 0.4) is 0 Å². The lowest BCUT2D eigenvalue weighted by molar-refractivity contribution is 0.239. The van der Waals surface area contributed by atoms with Gasteiger partial charge in [0.25, 0.3) is 0 Å². The van der Waals surface area contributed by atoms with Crippen molar-refractivity contribution in [2.75, 3.05) is 13.7 Å². The maximum atomic E-state index is 4.89. The van der Waals surface area contributed by atoms with Crippen LogP contribution in [-0.4, -0.2) is 23.9 Å². The van der Waals surface area contributed by atoms with Crippen LogP contribution in [0.15, 0.2) is 24.9 Å². The third-order valence-corrected chi connectivity index (χ3v) is 1.25. The van der Waals surface area contributed by atoms with Crippen molar-refractivity contribution in [1.29, 1.82) is 0 Å². The van der Waals surface area contributed by atoms with Gasteiger partial charge in [0.1, 0.15) is 0 Å². The molecule has 0 aliphatic carbocycles. The summed E-state index contributed by atoms with van der Waals surface area (Å²) in [4.78, 5) is 0. The predicted molar refractivity (Wildman–Crippen MR) is 42.9 cm³/mol. The number of hydrogen-bond donors (Lipinski definition) is 0. The Hall–Kier alpha value is -1.22. The first-order valence-corrected chi connectivity index (χ1v) is 3.29. The molecule has 0 fully saturated rings. The molecule has 0 bridgehead atoms. The zero-order chi connectivity index (χ0) is 8.10. The minimum Gasteiger partial charge on any atom is -0.380 e. The molecule has 0 aromatic carbocycles. The van der Waals surface area contributed by atoms with Crippen molar-refractivity contribution < 1.29 is 4.74 Å². The summed E-state index contributed by atoms with van der Waals surface area (Å²) in [5, 5.41) is 7.59. The van der Waals surface area contributed by atoms with Gasteiger partial charge in [-0.2, -0.15) is 10.2 Å². The number of rotatable bonds is 3. The highest BCUT2D eigenvalue weighted by Gasteiger charge is 1.97. The molecule has 0 amide bonds. The van der Waals surface area contributed by atoms with Crippen LogP contribution in [0, 0.1) is 0 Å². The number of nitrogens with zero attached hydrogens (tertiary/aromatic N) is 2. The minimum absolute atomic E-state index is 0.499. The first-order valence-electron chi connectivity index (χ1n) is 3.29. The number of hydrogen-bond acceptors (Lipinski definition) is 3. The highest BCUT2D eigenvalue weighted by molar-refractivity contribution is 5.59. The summed E-state index contributed by atoms with van der Waals surface area (Å²) in [6.45, 7) is 4.29. The fraction of sp³-hybridized carbons (Fsp3) is 0.250. The summed E-state index contributed by atoms with van der Waals surface area (Å²) in [6.07, 6.45) is 1.63. The molecule has 3 nitrogen and oxygen atoms in total. The Morgan fingerprint density at radius 1 is 1.73 bits per heavy atom. The molecule has 1 aromatic rings. The average molecular weight is 150 g/mol. The maximum Gasteiger partial charge on any atom is 0.0906 e. The average Bonchev–Trinajstić information content (AvgIpc) is 2.07. The quantitative estimate of drug-likeness (QED) is 0.648. The van der Waals surface area contributed by atoms with Crippen LogP contribution in [0.5, 0.6) is 0 Å². The topological polar surface area (TPSA) is 35.0 Å². The Balaban J connectivity index is 2.69. The van der Waals surface area contributed by atoms with Crippen molar-refractivity contribution in [2.24, 2.45) is 0 Å². The van der Waals surface area contributed by atoms with E-state index in [0.717, 1.165) is 11.3 Å². The summed E-state index contributed by atoms with van der Waals surface area (Å²) < 4.78 is 4.89. The molecule has 1 aromatic heterocycles. The van der Waals surface area contributed by atoms with Gasteiger partial charge in [-0.3, -0.25) is 0 Å². The lowest BCUT2D eigenvalue weighted by Crippen LogP contribution is -1.95. The normalized spacial score (nSPS) is 9.55. The molecule has 0 aliphatic rings. The van der Waals surface area contributed by atoms with Gasteiger partial charge in [0.2, 0.25) is 0 Å². The second-order valence-electron chi connectivity index (χ2n) is 2.15. The lowest BCUT2D eigenvalue weighted by Gasteiger charge is -2.00. The van der Waals surface area contributed by atoms with Crippen molar-refractivity contribution >= 4 is 5.57 Å². The van der Waals surface area contributed by atoms with Crippen LogP contribution in [0.2, 0.25) is 0 Å². The second-order valence-corrected chi connectivity index (χ2v) is 2.15. The van der Waals surface area contributed by atoms with E-state index in [2.05, 4.69) is 16.8 Å². The Bertz CT molecular complexity index is 233. The molecule has 1 rings (SSSR count). The first-order chi connectivity index (χ1) is 5.34. The van der Waals surface area contributed by atoms with Crippen LogP contribution in [0.4, 0.5) is 0 Å². The van der Waals surface area contributed by atoms with Gasteiger partial charge < -0.3 is 4.74 Å². The van der Waals surface area contributed by atoms with E-state index in [1.54, 1.807) is 13.3 Å². The van der Waals surface area contributed by atoms with Crippen molar-refractivity contribution in [2.45, 2.75) is 0 Å². The molecule has 58 valence electrons. The van der Waals surface area contributed by atoms with E-state index < -0.39 is 0 Å². The molecule has 11 heavy (non-hydrogen) atoms. The highest BCUT2D eigenvalue weighted by atomic mass is 16.5. The molecule has 0 radical (unpaired) electrons. The van der Waals surface area contributed by atoms with E-state index in [-0.39, 0.29) is 0 Å². The number of methoxy groups -OCH3 is 1. The van der Waals surface area contributed by atoms with E-state index >= 15 is 0 Å². The monoisotopic (exact) mass is 150 g/mol. The van der Waals surface area contributed by atoms with Crippen LogP contribution >= 0.6 is 0 Å². The zero-order valence-electron chi connectivity index (χ0n) is 6.45. The fourth-order valence-electron chi connectivity index (χ4n) is 0.738. The van der Waals surface area contributed by atoms with Crippen molar-refractivity contribution in [3.05, 3.63) is 30.6 Å². The van der Waals surface area contributed by atoms with Gasteiger partial charge in [0.05, 0.1) is 12.3 Å². The third-order valence-electron chi connectivity index (χ3n) is 1.25.